The Labute approximate surface area is 629 Å². The highest BCUT2D eigenvalue weighted by Crippen LogP contribution is 2.47. The van der Waals surface area contributed by atoms with Gasteiger partial charge in [-0.3, -0.25) is 0 Å². The summed E-state index contributed by atoms with van der Waals surface area (Å²) in [7, 11) is -1.56. The van der Waals surface area contributed by atoms with Crippen LogP contribution in [0.1, 0.15) is 0 Å². The minimum atomic E-state index is -1.56. The second-order valence-corrected chi connectivity index (χ2v) is 28.4. The maximum atomic E-state index is 10.3. The van der Waals surface area contributed by atoms with Crippen molar-refractivity contribution in [1.29, 1.82) is 0 Å². The fraction of sp³-hybridized carbons (Fsp3) is 0. The smallest absolute Gasteiger partial charge is 0.456 e. The first-order chi connectivity index (χ1) is 53.3. The van der Waals surface area contributed by atoms with Gasteiger partial charge in [-0.05, 0) is 194 Å². The second-order valence-electron chi connectivity index (χ2n) is 27.5. The third-order valence-electron chi connectivity index (χ3n) is 21.3. The molecule has 0 spiro atoms. The zero-order valence-electron chi connectivity index (χ0n) is 58.1. The first-order valence-electron chi connectivity index (χ1n) is 36.2. The Hall–Kier alpha value is -13.3. The van der Waals surface area contributed by atoms with Gasteiger partial charge in [0, 0.05) is 58.7 Å². The van der Waals surface area contributed by atoms with Gasteiger partial charge in [-0.2, -0.15) is 0 Å². The Morgan fingerprint density at radius 3 is 0.852 bits per heavy atom. The number of hydrogen-bond donors (Lipinski definition) is 2. The van der Waals surface area contributed by atoms with Gasteiger partial charge in [-0.1, -0.05) is 301 Å². The molecule has 18 aromatic carbocycles. The van der Waals surface area contributed by atoms with Crippen molar-refractivity contribution in [3.8, 4) is 77.9 Å². The number of benzene rings is 18. The first kappa shape index (κ1) is 64.3. The summed E-state index contributed by atoms with van der Waals surface area (Å²) < 4.78 is 25.9. The topological polar surface area (TPSA) is 93.0 Å². The molecule has 0 amide bonds. The standard InChI is InChI=1S/C50H30O2.C32H21BO3.C18H11BrO/c1-3-20-41-39(18-1)48(34-14-9-12-31(28-34)32-26-27-47-44(30-32)38-17-6-7-24-45(38)51-47)40-19-2-4-21-42(40)49(41)35-15-10-13-33(29-35)36-22-11-23-43-37-16-5-8-25-46(37)52-50(36)43;34-33(35)31-26-14-3-1-12-24(26)30(25-13-2-4-15-27(25)31)21-10-7-9-20(19-21)22-16-8-17-28-23-11-5-6-18-29(23)36-32(22)28;19-14-5-3-4-12(10-14)13-8-9-18-16(11-13)15-6-1-2-7-17(15)20-18/h1-30H;1-19,34-35H;1-11H. The van der Waals surface area contributed by atoms with E-state index in [0.717, 1.165) is 142 Å². The van der Waals surface area contributed by atoms with Crippen LogP contribution in [-0.2, 0) is 0 Å². The number of halogens is 1. The predicted molar refractivity (Wildman–Crippen MR) is 454 cm³/mol. The van der Waals surface area contributed by atoms with Crippen molar-refractivity contribution >= 4 is 159 Å². The molecule has 2 N–H and O–H groups in total. The molecular weight excluding hydrogens is 1390 g/mol. The lowest BCUT2D eigenvalue weighted by molar-refractivity contribution is 0.426. The van der Waals surface area contributed by atoms with Crippen molar-refractivity contribution in [3.05, 3.63) is 368 Å². The zero-order valence-corrected chi connectivity index (χ0v) is 59.7. The van der Waals surface area contributed by atoms with E-state index < -0.39 is 7.12 Å². The van der Waals surface area contributed by atoms with Gasteiger partial charge in [0.25, 0.3) is 0 Å². The number of hydrogen-bond acceptors (Lipinski definition) is 6. The van der Waals surface area contributed by atoms with Gasteiger partial charge < -0.3 is 27.7 Å². The van der Waals surface area contributed by atoms with Crippen LogP contribution in [-0.4, -0.2) is 17.2 Å². The highest BCUT2D eigenvalue weighted by atomic mass is 79.9. The highest BCUT2D eigenvalue weighted by Gasteiger charge is 2.24. The number of rotatable bonds is 8. The summed E-state index contributed by atoms with van der Waals surface area (Å²) >= 11 is 3.52. The fourth-order valence-corrected chi connectivity index (χ4v) is 16.9. The third-order valence-corrected chi connectivity index (χ3v) is 21.8. The van der Waals surface area contributed by atoms with Crippen LogP contribution in [0.4, 0.5) is 0 Å². The molecule has 0 atom stereocenters. The lowest BCUT2D eigenvalue weighted by atomic mass is 9.72. The molecule has 0 bridgehead atoms. The summed E-state index contributed by atoms with van der Waals surface area (Å²) in [6.07, 6.45) is 0. The number of furan rings is 4. The van der Waals surface area contributed by atoms with Gasteiger partial charge in [-0.15, -0.1) is 0 Å². The van der Waals surface area contributed by atoms with Crippen molar-refractivity contribution in [3.63, 3.8) is 0 Å². The quantitative estimate of drug-likeness (QED) is 0.116. The minimum absolute atomic E-state index is 0.535. The normalized spacial score (nSPS) is 11.7. The number of fused-ring (bicyclic) bond motifs is 16. The van der Waals surface area contributed by atoms with Crippen LogP contribution in [0.5, 0.6) is 0 Å². The third kappa shape index (κ3) is 11.1. The molecule has 8 heteroatoms. The first-order valence-corrected chi connectivity index (χ1v) is 37.0. The maximum absolute atomic E-state index is 10.3. The van der Waals surface area contributed by atoms with Crippen LogP contribution >= 0.6 is 15.9 Å². The van der Waals surface area contributed by atoms with Crippen LogP contribution < -0.4 is 5.46 Å². The molecule has 0 fully saturated rings. The van der Waals surface area contributed by atoms with Gasteiger partial charge in [0.1, 0.15) is 44.7 Å². The molecule has 0 aliphatic rings. The molecule has 0 radical (unpaired) electrons. The van der Waals surface area contributed by atoms with E-state index in [0.29, 0.717) is 5.46 Å². The molecule has 0 aliphatic heterocycles. The van der Waals surface area contributed by atoms with Crippen molar-refractivity contribution < 1.29 is 27.7 Å². The summed E-state index contributed by atoms with van der Waals surface area (Å²) in [5.41, 5.74) is 23.9. The summed E-state index contributed by atoms with van der Waals surface area (Å²) in [5.74, 6) is 0. The summed E-state index contributed by atoms with van der Waals surface area (Å²) in [4.78, 5) is 0. The van der Waals surface area contributed by atoms with E-state index in [-0.39, 0.29) is 0 Å². The average Bonchev–Trinajstić information content (AvgIpc) is 1.21. The van der Waals surface area contributed by atoms with E-state index in [1.54, 1.807) is 0 Å². The SMILES string of the molecule is Brc1cccc(-c2ccc3oc4ccccc4c3c2)c1.OB(O)c1c2ccccc2c(-c2cccc(-c3cccc4c3oc3ccccc34)c2)c2ccccc12.c1cc(-c2ccc3oc4ccccc4c3c2)cc(-c2c3ccccc3c(-c3cccc(-c4cccc5c4oc4ccccc45)c3)c3ccccc23)c1. The van der Waals surface area contributed by atoms with Gasteiger partial charge in [0.05, 0.1) is 0 Å². The molecule has 508 valence electrons. The Balaban J connectivity index is 0.000000118. The molecule has 22 rings (SSSR count). The zero-order chi connectivity index (χ0) is 71.9. The van der Waals surface area contributed by atoms with Gasteiger partial charge in [0.15, 0.2) is 0 Å². The molecule has 0 saturated heterocycles. The Kier molecular flexibility index (Phi) is 15.9. The summed E-state index contributed by atoms with van der Waals surface area (Å²) in [5, 5.41) is 38.2. The highest BCUT2D eigenvalue weighted by molar-refractivity contribution is 9.10. The molecule has 22 aromatic rings. The van der Waals surface area contributed by atoms with Crippen LogP contribution in [0.25, 0.3) is 209 Å². The lowest BCUT2D eigenvalue weighted by Crippen LogP contribution is -2.31. The van der Waals surface area contributed by atoms with Crippen LogP contribution in [0.3, 0.4) is 0 Å². The molecular formula is C100H62BBrO6. The summed E-state index contributed by atoms with van der Waals surface area (Å²) in [6.45, 7) is 0. The van der Waals surface area contributed by atoms with E-state index in [4.69, 9.17) is 17.7 Å². The average molecular weight is 1450 g/mol. The van der Waals surface area contributed by atoms with E-state index in [1.807, 2.05) is 109 Å². The van der Waals surface area contributed by atoms with Crippen molar-refractivity contribution in [1.82, 2.24) is 0 Å². The van der Waals surface area contributed by atoms with E-state index in [1.165, 1.54) is 71.4 Å². The summed E-state index contributed by atoms with van der Waals surface area (Å²) in [6, 6.07) is 127. The fourth-order valence-electron chi connectivity index (χ4n) is 16.5. The molecule has 0 unspecified atom stereocenters. The molecule has 6 nitrogen and oxygen atoms in total. The Bertz CT molecular complexity index is 7220. The van der Waals surface area contributed by atoms with Crippen LogP contribution in [0.2, 0.25) is 0 Å². The number of para-hydroxylation sites is 6. The van der Waals surface area contributed by atoms with Crippen molar-refractivity contribution in [2.75, 3.05) is 0 Å². The maximum Gasteiger partial charge on any atom is 0.489 e. The lowest BCUT2D eigenvalue weighted by Gasteiger charge is -2.18. The van der Waals surface area contributed by atoms with E-state index >= 15 is 0 Å². The molecule has 0 saturated carbocycles. The predicted octanol–water partition coefficient (Wildman–Crippen LogP) is 27.4. The van der Waals surface area contributed by atoms with Gasteiger partial charge >= 0.3 is 7.12 Å². The Morgan fingerprint density at radius 2 is 0.463 bits per heavy atom. The minimum Gasteiger partial charge on any atom is -0.456 e. The van der Waals surface area contributed by atoms with Crippen LogP contribution in [0.15, 0.2) is 386 Å². The molecule has 4 heterocycles. The van der Waals surface area contributed by atoms with E-state index in [9.17, 15) is 10.0 Å². The van der Waals surface area contributed by atoms with Gasteiger partial charge in [-0.25, -0.2) is 0 Å². The van der Waals surface area contributed by atoms with Crippen molar-refractivity contribution in [2.45, 2.75) is 0 Å². The molecule has 108 heavy (non-hydrogen) atoms. The molecule has 4 aromatic heterocycles. The largest absolute Gasteiger partial charge is 0.489 e. The molecule has 0 aliphatic carbocycles. The Morgan fingerprint density at radius 1 is 0.194 bits per heavy atom. The van der Waals surface area contributed by atoms with Gasteiger partial charge in [0.2, 0.25) is 0 Å². The monoisotopic (exact) mass is 1450 g/mol. The van der Waals surface area contributed by atoms with E-state index in [2.05, 4.69) is 271 Å². The van der Waals surface area contributed by atoms with Crippen molar-refractivity contribution in [2.24, 2.45) is 0 Å². The van der Waals surface area contributed by atoms with Crippen LogP contribution in [0, 0.1) is 0 Å². The second kappa shape index (κ2) is 26.7.